The number of nitrogens with zero attached hydrogens (tertiary/aromatic N) is 1. The van der Waals surface area contributed by atoms with Gasteiger partial charge in [0.1, 0.15) is 4.90 Å². The zero-order valence-electron chi connectivity index (χ0n) is 10.7. The summed E-state index contributed by atoms with van der Waals surface area (Å²) in [6.45, 7) is 2.36. The lowest BCUT2D eigenvalue weighted by Crippen LogP contribution is -2.51. The van der Waals surface area contributed by atoms with E-state index in [0.29, 0.717) is 6.61 Å². The molecule has 1 saturated heterocycles. The molecule has 0 N–H and O–H groups in total. The third kappa shape index (κ3) is 3.31. The smallest absolute Gasteiger partial charge is 0.244 e. The SMILES string of the molecule is CC1COC(CCl)CN1S(=O)(=O)c1ccc(Br)cc1Cl. The molecule has 1 aromatic rings. The molecule has 8 heteroatoms. The number of ether oxygens (including phenoxy) is 1. The van der Waals surface area contributed by atoms with E-state index in [1.165, 1.54) is 10.4 Å². The van der Waals surface area contributed by atoms with Crippen LogP contribution in [0.15, 0.2) is 27.6 Å². The number of hydrogen-bond donors (Lipinski definition) is 0. The van der Waals surface area contributed by atoms with Gasteiger partial charge in [-0.05, 0) is 25.1 Å². The number of sulfonamides is 1. The van der Waals surface area contributed by atoms with Crippen molar-refractivity contribution in [1.82, 2.24) is 4.31 Å². The van der Waals surface area contributed by atoms with Crippen molar-refractivity contribution in [2.75, 3.05) is 19.0 Å². The molecule has 0 amide bonds. The normalized spacial score (nSPS) is 24.8. The molecule has 4 nitrogen and oxygen atoms in total. The van der Waals surface area contributed by atoms with Crippen LogP contribution in [0.2, 0.25) is 5.02 Å². The molecule has 0 saturated carbocycles. The molecule has 0 aromatic heterocycles. The quantitative estimate of drug-likeness (QED) is 0.729. The van der Waals surface area contributed by atoms with Gasteiger partial charge < -0.3 is 4.74 Å². The summed E-state index contributed by atoms with van der Waals surface area (Å²) < 4.78 is 33.0. The first-order chi connectivity index (χ1) is 9.36. The van der Waals surface area contributed by atoms with Gasteiger partial charge in [-0.25, -0.2) is 8.42 Å². The molecule has 0 aliphatic carbocycles. The van der Waals surface area contributed by atoms with Crippen molar-refractivity contribution >= 4 is 49.2 Å². The van der Waals surface area contributed by atoms with E-state index < -0.39 is 10.0 Å². The second-order valence-electron chi connectivity index (χ2n) is 4.61. The third-order valence-electron chi connectivity index (χ3n) is 3.10. The van der Waals surface area contributed by atoms with E-state index in [9.17, 15) is 8.42 Å². The number of hydrogen-bond acceptors (Lipinski definition) is 3. The van der Waals surface area contributed by atoms with E-state index in [0.717, 1.165) is 4.47 Å². The maximum absolute atomic E-state index is 12.7. The van der Waals surface area contributed by atoms with Crippen molar-refractivity contribution in [2.45, 2.75) is 24.0 Å². The maximum Gasteiger partial charge on any atom is 0.244 e. The molecule has 20 heavy (non-hydrogen) atoms. The summed E-state index contributed by atoms with van der Waals surface area (Å²) in [6, 6.07) is 4.47. The topological polar surface area (TPSA) is 46.6 Å². The Balaban J connectivity index is 2.38. The highest BCUT2D eigenvalue weighted by atomic mass is 79.9. The molecule has 1 fully saturated rings. The van der Waals surface area contributed by atoms with Crippen molar-refractivity contribution in [3.05, 3.63) is 27.7 Å². The minimum absolute atomic E-state index is 0.101. The summed E-state index contributed by atoms with van der Waals surface area (Å²) in [7, 11) is -3.66. The largest absolute Gasteiger partial charge is 0.374 e. The standard InChI is InChI=1S/C12H14BrCl2NO3S/c1-8-7-19-10(5-14)6-16(8)20(17,18)12-3-2-9(13)4-11(12)15/h2-4,8,10H,5-7H2,1H3. The predicted molar refractivity (Wildman–Crippen MR) is 83.0 cm³/mol. The van der Waals surface area contributed by atoms with Crippen molar-refractivity contribution in [3.63, 3.8) is 0 Å². The average molecular weight is 403 g/mol. The number of benzene rings is 1. The van der Waals surface area contributed by atoms with E-state index in [1.54, 1.807) is 19.1 Å². The van der Waals surface area contributed by atoms with Gasteiger partial charge in [0, 0.05) is 22.9 Å². The third-order valence-corrected chi connectivity index (χ3v) is 6.40. The summed E-state index contributed by atoms with van der Waals surface area (Å²) >= 11 is 15.1. The van der Waals surface area contributed by atoms with Gasteiger partial charge in [-0.1, -0.05) is 27.5 Å². The van der Waals surface area contributed by atoms with Crippen LogP contribution < -0.4 is 0 Å². The molecule has 1 heterocycles. The molecule has 2 rings (SSSR count). The highest BCUT2D eigenvalue weighted by Crippen LogP contribution is 2.30. The lowest BCUT2D eigenvalue weighted by molar-refractivity contribution is -0.0152. The molecular weight excluding hydrogens is 389 g/mol. The van der Waals surface area contributed by atoms with E-state index >= 15 is 0 Å². The molecule has 1 aliphatic rings. The molecule has 112 valence electrons. The van der Waals surface area contributed by atoms with Crippen LogP contribution in [0.25, 0.3) is 0 Å². The van der Waals surface area contributed by atoms with Crippen LogP contribution in [0.1, 0.15) is 6.92 Å². The van der Waals surface area contributed by atoms with Crippen LogP contribution >= 0.6 is 39.1 Å². The van der Waals surface area contributed by atoms with Crippen molar-refractivity contribution in [3.8, 4) is 0 Å². The minimum atomic E-state index is -3.66. The second-order valence-corrected chi connectivity index (χ2v) is 8.10. The van der Waals surface area contributed by atoms with Crippen LogP contribution in [0.5, 0.6) is 0 Å². The van der Waals surface area contributed by atoms with Crippen LogP contribution in [0, 0.1) is 0 Å². The molecule has 2 atom stereocenters. The summed E-state index contributed by atoms with van der Waals surface area (Å²) in [4.78, 5) is 0.101. The minimum Gasteiger partial charge on any atom is -0.374 e. The van der Waals surface area contributed by atoms with Gasteiger partial charge in [0.05, 0.1) is 17.7 Å². The number of halogens is 3. The lowest BCUT2D eigenvalue weighted by Gasteiger charge is -2.36. The molecule has 0 spiro atoms. The Bertz CT molecular complexity index is 596. The molecule has 1 aliphatic heterocycles. The van der Waals surface area contributed by atoms with Gasteiger partial charge in [0.15, 0.2) is 0 Å². The van der Waals surface area contributed by atoms with Gasteiger partial charge in [-0.15, -0.1) is 11.6 Å². The lowest BCUT2D eigenvalue weighted by atomic mass is 10.2. The van der Waals surface area contributed by atoms with Crippen LogP contribution in [0.3, 0.4) is 0 Å². The average Bonchev–Trinajstić information content (AvgIpc) is 2.38. The first-order valence-electron chi connectivity index (χ1n) is 6.00. The monoisotopic (exact) mass is 401 g/mol. The Morgan fingerprint density at radius 2 is 2.20 bits per heavy atom. The Morgan fingerprint density at radius 1 is 1.50 bits per heavy atom. The highest BCUT2D eigenvalue weighted by molar-refractivity contribution is 9.10. The molecule has 1 aromatic carbocycles. The molecule has 2 unspecified atom stereocenters. The summed E-state index contributed by atoms with van der Waals surface area (Å²) in [6.07, 6.45) is -0.295. The Labute approximate surface area is 137 Å². The number of alkyl halides is 1. The fourth-order valence-corrected chi connectivity index (χ4v) is 4.88. The molecular formula is C12H14BrCl2NO3S. The fraction of sp³-hybridized carbons (Fsp3) is 0.500. The Hall–Kier alpha value is 0.150. The van der Waals surface area contributed by atoms with Gasteiger partial charge in [0.25, 0.3) is 0 Å². The number of rotatable bonds is 3. The van der Waals surface area contributed by atoms with Gasteiger partial charge >= 0.3 is 0 Å². The Kier molecular flexibility index (Phi) is 5.37. The van der Waals surface area contributed by atoms with E-state index in [1.807, 2.05) is 0 Å². The van der Waals surface area contributed by atoms with Crippen molar-refractivity contribution < 1.29 is 13.2 Å². The van der Waals surface area contributed by atoms with Gasteiger partial charge in [0.2, 0.25) is 10.0 Å². The predicted octanol–water partition coefficient (Wildman–Crippen LogP) is 3.12. The molecule has 0 radical (unpaired) electrons. The summed E-state index contributed by atoms with van der Waals surface area (Å²) in [5.41, 5.74) is 0. The second kappa shape index (κ2) is 6.50. The van der Waals surface area contributed by atoms with E-state index in [-0.39, 0.29) is 34.5 Å². The van der Waals surface area contributed by atoms with Crippen LogP contribution in [0.4, 0.5) is 0 Å². The zero-order valence-corrected chi connectivity index (χ0v) is 14.6. The Morgan fingerprint density at radius 3 is 2.80 bits per heavy atom. The summed E-state index contributed by atoms with van der Waals surface area (Å²) in [5.74, 6) is 0.257. The zero-order chi connectivity index (χ0) is 14.9. The van der Waals surface area contributed by atoms with Crippen molar-refractivity contribution in [1.29, 1.82) is 0 Å². The van der Waals surface area contributed by atoms with Crippen molar-refractivity contribution in [2.24, 2.45) is 0 Å². The van der Waals surface area contributed by atoms with Crippen LogP contribution in [-0.4, -0.2) is 43.9 Å². The van der Waals surface area contributed by atoms with Gasteiger partial charge in [-0.3, -0.25) is 0 Å². The fourth-order valence-electron chi connectivity index (χ4n) is 2.03. The van der Waals surface area contributed by atoms with E-state index in [2.05, 4.69) is 15.9 Å². The van der Waals surface area contributed by atoms with E-state index in [4.69, 9.17) is 27.9 Å². The summed E-state index contributed by atoms with van der Waals surface area (Å²) in [5, 5.41) is 0.195. The van der Waals surface area contributed by atoms with Gasteiger partial charge in [-0.2, -0.15) is 4.31 Å². The maximum atomic E-state index is 12.7. The first kappa shape index (κ1) is 16.5. The molecule has 0 bridgehead atoms. The number of morpholine rings is 1. The van der Waals surface area contributed by atoms with Crippen LogP contribution in [-0.2, 0) is 14.8 Å². The highest BCUT2D eigenvalue weighted by Gasteiger charge is 2.36. The first-order valence-corrected chi connectivity index (χ1v) is 9.15.